The Kier molecular flexibility index (Phi) is 2.11. The molecule has 0 atom stereocenters. The molecule has 0 saturated heterocycles. The molecule has 0 bridgehead atoms. The van der Waals surface area contributed by atoms with E-state index in [1.807, 2.05) is 6.92 Å². The molecule has 3 aromatic heterocycles. The Morgan fingerprint density at radius 2 is 2.29 bits per heavy atom. The van der Waals surface area contributed by atoms with E-state index in [0.29, 0.717) is 11.0 Å². The first kappa shape index (κ1) is 10.5. The largest absolute Gasteiger partial charge is 0.477 e. The molecule has 2 N–H and O–H groups in total. The van der Waals surface area contributed by atoms with Crippen molar-refractivity contribution in [3.63, 3.8) is 0 Å². The molecule has 17 heavy (non-hydrogen) atoms. The second-order valence-electron chi connectivity index (χ2n) is 3.61. The van der Waals surface area contributed by atoms with Crippen molar-refractivity contribution in [3.8, 4) is 0 Å². The smallest absolute Gasteiger partial charge is 0.348 e. The Morgan fingerprint density at radius 1 is 1.53 bits per heavy atom. The van der Waals surface area contributed by atoms with Gasteiger partial charge in [-0.1, -0.05) is 11.6 Å². The molecule has 0 spiro atoms. The number of carboxylic acid groups (broad SMARTS) is 1. The van der Waals surface area contributed by atoms with Gasteiger partial charge in [-0.2, -0.15) is 5.10 Å². The van der Waals surface area contributed by atoms with Gasteiger partial charge in [0.15, 0.2) is 5.15 Å². The zero-order chi connectivity index (χ0) is 12.2. The third kappa shape index (κ3) is 1.34. The first-order chi connectivity index (χ1) is 8.09. The van der Waals surface area contributed by atoms with Crippen LogP contribution in [-0.4, -0.2) is 26.3 Å². The van der Waals surface area contributed by atoms with Crippen LogP contribution in [0.25, 0.3) is 21.8 Å². The molecule has 0 aliphatic carbocycles. The topological polar surface area (TPSA) is 78.9 Å². The van der Waals surface area contributed by atoms with Crippen LogP contribution in [0.1, 0.15) is 15.4 Å². The fourth-order valence-corrected chi connectivity index (χ4v) is 2.91. The van der Waals surface area contributed by atoms with Crippen molar-refractivity contribution in [1.82, 2.24) is 15.2 Å². The van der Waals surface area contributed by atoms with Gasteiger partial charge in [0.1, 0.15) is 10.4 Å². The van der Waals surface area contributed by atoms with Crippen LogP contribution in [0.15, 0.2) is 5.38 Å². The summed E-state index contributed by atoms with van der Waals surface area (Å²) in [5.41, 5.74) is 1.85. The van der Waals surface area contributed by atoms with E-state index in [0.717, 1.165) is 27.8 Å². The Hall–Kier alpha value is -1.66. The number of aromatic amines is 1. The standard InChI is InChI=1S/C10H6ClN3O2S/c1-3-5-4-2-17-8(10(15)16)6(4)12-9(11)7(5)14-13-3/h2H,1H3,(H,13,14)(H,15,16). The number of carboxylic acids is 1. The Labute approximate surface area is 104 Å². The SMILES string of the molecule is Cc1[nH]nc2c(Cl)nc3c(C(=O)O)scc3c12. The Balaban J connectivity index is 2.57. The first-order valence-electron chi connectivity index (χ1n) is 4.74. The molecular formula is C10H6ClN3O2S. The van der Waals surface area contributed by atoms with Gasteiger partial charge in [0, 0.05) is 21.8 Å². The summed E-state index contributed by atoms with van der Waals surface area (Å²) in [5.74, 6) is -0.992. The molecule has 3 rings (SSSR count). The average Bonchev–Trinajstić information content (AvgIpc) is 2.82. The number of nitrogens with zero attached hydrogens (tertiary/aromatic N) is 2. The van der Waals surface area contributed by atoms with Crippen molar-refractivity contribution in [2.24, 2.45) is 0 Å². The lowest BCUT2D eigenvalue weighted by Gasteiger charge is -1.97. The number of hydrogen-bond acceptors (Lipinski definition) is 4. The number of aryl methyl sites for hydroxylation is 1. The monoisotopic (exact) mass is 267 g/mol. The van der Waals surface area contributed by atoms with Crippen molar-refractivity contribution < 1.29 is 9.90 Å². The lowest BCUT2D eigenvalue weighted by atomic mass is 10.1. The van der Waals surface area contributed by atoms with Gasteiger partial charge in [-0.05, 0) is 6.92 Å². The molecule has 0 fully saturated rings. The average molecular weight is 268 g/mol. The maximum absolute atomic E-state index is 11.1. The Morgan fingerprint density at radius 3 is 3.00 bits per heavy atom. The van der Waals surface area contributed by atoms with Crippen LogP contribution in [0.4, 0.5) is 0 Å². The number of nitrogens with one attached hydrogen (secondary N) is 1. The summed E-state index contributed by atoms with van der Waals surface area (Å²) in [4.78, 5) is 15.4. The highest BCUT2D eigenvalue weighted by atomic mass is 35.5. The van der Waals surface area contributed by atoms with E-state index in [4.69, 9.17) is 16.7 Å². The van der Waals surface area contributed by atoms with Crippen molar-refractivity contribution in [1.29, 1.82) is 0 Å². The fourth-order valence-electron chi connectivity index (χ4n) is 1.85. The van der Waals surface area contributed by atoms with Crippen molar-refractivity contribution in [2.75, 3.05) is 0 Å². The molecule has 0 aliphatic rings. The minimum absolute atomic E-state index is 0.199. The van der Waals surface area contributed by atoms with Gasteiger partial charge < -0.3 is 5.11 Å². The van der Waals surface area contributed by atoms with Gasteiger partial charge in [0.2, 0.25) is 0 Å². The van der Waals surface area contributed by atoms with Crippen LogP contribution in [0.5, 0.6) is 0 Å². The summed E-state index contributed by atoms with van der Waals surface area (Å²) in [6.07, 6.45) is 0. The molecule has 0 saturated carbocycles. The molecule has 0 unspecified atom stereocenters. The van der Waals surface area contributed by atoms with E-state index in [1.165, 1.54) is 0 Å². The number of fused-ring (bicyclic) bond motifs is 3. The van der Waals surface area contributed by atoms with Crippen LogP contribution >= 0.6 is 22.9 Å². The number of pyridine rings is 1. The molecule has 0 radical (unpaired) electrons. The molecule has 0 aliphatic heterocycles. The molecule has 7 heteroatoms. The predicted molar refractivity (Wildman–Crippen MR) is 66.0 cm³/mol. The van der Waals surface area contributed by atoms with Crippen LogP contribution in [0, 0.1) is 6.92 Å². The summed E-state index contributed by atoms with van der Waals surface area (Å²) < 4.78 is 0. The molecule has 86 valence electrons. The number of aromatic nitrogens is 3. The predicted octanol–water partition coefficient (Wildman–Crippen LogP) is 2.83. The highest BCUT2D eigenvalue weighted by Crippen LogP contribution is 2.34. The molecular weight excluding hydrogens is 262 g/mol. The van der Waals surface area contributed by atoms with Gasteiger partial charge in [-0.3, -0.25) is 5.10 Å². The van der Waals surface area contributed by atoms with E-state index >= 15 is 0 Å². The quantitative estimate of drug-likeness (QED) is 0.665. The second-order valence-corrected chi connectivity index (χ2v) is 4.84. The van der Waals surface area contributed by atoms with Crippen LogP contribution in [0.3, 0.4) is 0 Å². The fraction of sp³-hybridized carbons (Fsp3) is 0.100. The first-order valence-corrected chi connectivity index (χ1v) is 6.00. The van der Waals surface area contributed by atoms with Gasteiger partial charge in [0.25, 0.3) is 0 Å². The Bertz CT molecular complexity index is 762. The number of H-pyrrole nitrogens is 1. The number of carbonyl (C=O) groups is 1. The van der Waals surface area contributed by atoms with E-state index in [-0.39, 0.29) is 10.0 Å². The van der Waals surface area contributed by atoms with Crippen molar-refractivity contribution in [3.05, 3.63) is 21.1 Å². The maximum atomic E-state index is 11.1. The number of thiophene rings is 1. The summed E-state index contributed by atoms with van der Waals surface area (Å²) in [7, 11) is 0. The van der Waals surface area contributed by atoms with E-state index in [1.54, 1.807) is 5.38 Å². The summed E-state index contributed by atoms with van der Waals surface area (Å²) >= 11 is 7.15. The minimum Gasteiger partial charge on any atom is -0.477 e. The van der Waals surface area contributed by atoms with Crippen LogP contribution < -0.4 is 0 Å². The van der Waals surface area contributed by atoms with E-state index < -0.39 is 5.97 Å². The number of hydrogen-bond donors (Lipinski definition) is 2. The zero-order valence-corrected chi connectivity index (χ0v) is 10.2. The van der Waals surface area contributed by atoms with Gasteiger partial charge in [-0.15, -0.1) is 11.3 Å². The van der Waals surface area contributed by atoms with E-state index in [9.17, 15) is 4.79 Å². The highest BCUT2D eigenvalue weighted by molar-refractivity contribution is 7.13. The molecule has 0 aromatic carbocycles. The second kappa shape index (κ2) is 3.41. The zero-order valence-electron chi connectivity index (χ0n) is 8.61. The highest BCUT2D eigenvalue weighted by Gasteiger charge is 2.19. The van der Waals surface area contributed by atoms with Crippen molar-refractivity contribution in [2.45, 2.75) is 6.92 Å². The third-order valence-electron chi connectivity index (χ3n) is 2.58. The normalized spacial score (nSPS) is 11.4. The number of halogens is 1. The van der Waals surface area contributed by atoms with Crippen LogP contribution in [0.2, 0.25) is 5.15 Å². The maximum Gasteiger partial charge on any atom is 0.348 e. The van der Waals surface area contributed by atoms with Crippen LogP contribution in [-0.2, 0) is 0 Å². The minimum atomic E-state index is -0.992. The van der Waals surface area contributed by atoms with E-state index in [2.05, 4.69) is 15.2 Å². The molecule has 3 heterocycles. The summed E-state index contributed by atoms with van der Waals surface area (Å²) in [6.45, 7) is 1.86. The molecule has 5 nitrogen and oxygen atoms in total. The van der Waals surface area contributed by atoms with Gasteiger partial charge >= 0.3 is 5.97 Å². The number of aromatic carboxylic acids is 1. The summed E-state index contributed by atoms with van der Waals surface area (Å²) in [5, 5.41) is 19.6. The summed E-state index contributed by atoms with van der Waals surface area (Å²) in [6, 6.07) is 0. The number of rotatable bonds is 1. The lowest BCUT2D eigenvalue weighted by Crippen LogP contribution is -1.94. The molecule has 3 aromatic rings. The van der Waals surface area contributed by atoms with Crippen molar-refractivity contribution >= 4 is 50.7 Å². The van der Waals surface area contributed by atoms with Gasteiger partial charge in [0.05, 0.1) is 5.52 Å². The lowest BCUT2D eigenvalue weighted by molar-refractivity contribution is 0.0704. The van der Waals surface area contributed by atoms with Gasteiger partial charge in [-0.25, -0.2) is 9.78 Å². The third-order valence-corrected chi connectivity index (χ3v) is 3.80. The molecule has 0 amide bonds.